The van der Waals surface area contributed by atoms with Crippen LogP contribution in [0.15, 0.2) is 30.3 Å². The van der Waals surface area contributed by atoms with Crippen LogP contribution in [0.3, 0.4) is 0 Å². The predicted molar refractivity (Wildman–Crippen MR) is 93.8 cm³/mol. The monoisotopic (exact) mass is 342 g/mol. The molecule has 25 heavy (non-hydrogen) atoms. The maximum Gasteiger partial charge on any atom is 0.246 e. The molecule has 0 spiro atoms. The number of nitrogens with zero attached hydrogens (tertiary/aromatic N) is 1. The van der Waals surface area contributed by atoms with E-state index in [2.05, 4.69) is 12.2 Å². The van der Waals surface area contributed by atoms with Crippen molar-refractivity contribution in [2.75, 3.05) is 19.7 Å². The number of benzene rings is 1. The highest BCUT2D eigenvalue weighted by molar-refractivity contribution is 5.80. The second-order valence-corrected chi connectivity index (χ2v) is 8.09. The third-order valence-electron chi connectivity index (χ3n) is 6.18. The molecule has 134 valence electrons. The van der Waals surface area contributed by atoms with Gasteiger partial charge >= 0.3 is 0 Å². The van der Waals surface area contributed by atoms with Crippen molar-refractivity contribution in [1.29, 1.82) is 0 Å². The number of hydrogen-bond acceptors (Lipinski definition) is 3. The van der Waals surface area contributed by atoms with Crippen LogP contribution in [-0.4, -0.2) is 42.5 Å². The number of amides is 2. The lowest BCUT2D eigenvalue weighted by Gasteiger charge is -2.50. The van der Waals surface area contributed by atoms with Crippen LogP contribution >= 0.6 is 0 Å². The molecule has 0 bridgehead atoms. The molecule has 2 atom stereocenters. The molecule has 2 saturated heterocycles. The number of ether oxygens (including phenoxy) is 1. The Morgan fingerprint density at radius 1 is 1.28 bits per heavy atom. The molecule has 1 aromatic rings. The second-order valence-electron chi connectivity index (χ2n) is 8.09. The van der Waals surface area contributed by atoms with Crippen LogP contribution < -0.4 is 5.32 Å². The van der Waals surface area contributed by atoms with Gasteiger partial charge in [-0.3, -0.25) is 9.59 Å². The Hall–Kier alpha value is -1.88. The van der Waals surface area contributed by atoms with Gasteiger partial charge in [-0.05, 0) is 36.7 Å². The van der Waals surface area contributed by atoms with Gasteiger partial charge in [0.05, 0.1) is 5.54 Å². The van der Waals surface area contributed by atoms with E-state index in [0.29, 0.717) is 31.3 Å². The zero-order valence-corrected chi connectivity index (χ0v) is 14.8. The number of morpholine rings is 1. The third kappa shape index (κ3) is 3.17. The Labute approximate surface area is 148 Å². The van der Waals surface area contributed by atoms with Gasteiger partial charge in [0.1, 0.15) is 12.7 Å². The van der Waals surface area contributed by atoms with E-state index in [9.17, 15) is 9.59 Å². The van der Waals surface area contributed by atoms with E-state index in [4.69, 9.17) is 4.74 Å². The Kier molecular flexibility index (Phi) is 4.07. The predicted octanol–water partition coefficient (Wildman–Crippen LogP) is 2.21. The van der Waals surface area contributed by atoms with E-state index in [-0.39, 0.29) is 24.5 Å². The molecule has 1 saturated carbocycles. The van der Waals surface area contributed by atoms with Gasteiger partial charge in [0.15, 0.2) is 0 Å². The molecular formula is C20H26N2O3. The van der Waals surface area contributed by atoms with Crippen molar-refractivity contribution in [2.24, 2.45) is 5.41 Å². The summed E-state index contributed by atoms with van der Waals surface area (Å²) in [6.07, 6.45) is 4.59. The van der Waals surface area contributed by atoms with Crippen molar-refractivity contribution >= 4 is 11.8 Å². The van der Waals surface area contributed by atoms with Gasteiger partial charge in [0.25, 0.3) is 0 Å². The average Bonchev–Trinajstić information content (AvgIpc) is 3.37. The van der Waals surface area contributed by atoms with Crippen LogP contribution in [0.4, 0.5) is 0 Å². The van der Waals surface area contributed by atoms with E-state index in [1.165, 1.54) is 12.8 Å². The highest BCUT2D eigenvalue weighted by atomic mass is 16.5. The largest absolute Gasteiger partial charge is 0.364 e. The zero-order chi connectivity index (χ0) is 17.5. The molecule has 4 rings (SSSR count). The number of likely N-dealkylation sites (tertiary alicyclic amines) is 1. The lowest BCUT2D eigenvalue weighted by molar-refractivity contribution is -0.157. The smallest absolute Gasteiger partial charge is 0.246 e. The number of rotatable bonds is 4. The topological polar surface area (TPSA) is 58.6 Å². The Morgan fingerprint density at radius 3 is 2.76 bits per heavy atom. The molecule has 2 amide bonds. The summed E-state index contributed by atoms with van der Waals surface area (Å²) in [5, 5.41) is 3.17. The van der Waals surface area contributed by atoms with Crippen molar-refractivity contribution < 1.29 is 14.3 Å². The third-order valence-corrected chi connectivity index (χ3v) is 6.18. The van der Waals surface area contributed by atoms with Gasteiger partial charge in [-0.25, -0.2) is 0 Å². The molecule has 1 aromatic carbocycles. The molecule has 5 nitrogen and oxygen atoms in total. The minimum atomic E-state index is -0.518. The summed E-state index contributed by atoms with van der Waals surface area (Å²) in [5.74, 6) is 0.136. The van der Waals surface area contributed by atoms with Crippen LogP contribution in [0, 0.1) is 5.41 Å². The first-order valence-corrected chi connectivity index (χ1v) is 9.27. The normalized spacial score (nSPS) is 30.4. The van der Waals surface area contributed by atoms with Crippen LogP contribution in [0.25, 0.3) is 0 Å². The SMILES string of the molecule is CC1(CCC(=O)N2CC[C@@]3(c4ccccc4)NC(=O)CO[C@@H]3C2)CC1. The van der Waals surface area contributed by atoms with E-state index >= 15 is 0 Å². The van der Waals surface area contributed by atoms with E-state index in [1.807, 2.05) is 35.2 Å². The standard InChI is InChI=1S/C20H26N2O3/c1-19(9-10-19)8-7-18(24)22-12-11-20(15-5-3-2-4-6-15)16(13-22)25-14-17(23)21-20/h2-6,16H,7-14H2,1H3,(H,21,23)/t16-,20+/m1/s1. The summed E-state index contributed by atoms with van der Waals surface area (Å²) in [5.41, 5.74) is 0.940. The molecule has 2 heterocycles. The molecule has 3 aliphatic rings. The van der Waals surface area contributed by atoms with Crippen molar-refractivity contribution in [3.05, 3.63) is 35.9 Å². The quantitative estimate of drug-likeness (QED) is 0.913. The summed E-state index contributed by atoms with van der Waals surface area (Å²) >= 11 is 0. The number of fused-ring (bicyclic) bond motifs is 1. The Bertz CT molecular complexity index is 671. The lowest BCUT2D eigenvalue weighted by atomic mass is 9.77. The summed E-state index contributed by atoms with van der Waals surface area (Å²) in [6.45, 7) is 3.53. The highest BCUT2D eigenvalue weighted by Gasteiger charge is 2.50. The van der Waals surface area contributed by atoms with Crippen molar-refractivity contribution in [2.45, 2.75) is 50.7 Å². The number of piperidine rings is 1. The van der Waals surface area contributed by atoms with Crippen molar-refractivity contribution in [3.63, 3.8) is 0 Å². The van der Waals surface area contributed by atoms with Gasteiger partial charge in [0, 0.05) is 19.5 Å². The van der Waals surface area contributed by atoms with E-state index in [1.54, 1.807) is 0 Å². The minimum Gasteiger partial charge on any atom is -0.364 e. The van der Waals surface area contributed by atoms with Gasteiger partial charge in [-0.2, -0.15) is 0 Å². The summed E-state index contributed by atoms with van der Waals surface area (Å²) in [6, 6.07) is 10.0. The second kappa shape index (κ2) is 6.13. The highest BCUT2D eigenvalue weighted by Crippen LogP contribution is 2.49. The van der Waals surface area contributed by atoms with Crippen molar-refractivity contribution in [3.8, 4) is 0 Å². The average molecular weight is 342 g/mol. The molecule has 2 aliphatic heterocycles. The van der Waals surface area contributed by atoms with Crippen LogP contribution in [0.1, 0.15) is 44.6 Å². The van der Waals surface area contributed by atoms with Crippen molar-refractivity contribution in [1.82, 2.24) is 10.2 Å². The molecule has 1 aliphatic carbocycles. The molecule has 0 aromatic heterocycles. The minimum absolute atomic E-state index is 0.0688. The lowest BCUT2D eigenvalue weighted by Crippen LogP contribution is -2.67. The maximum atomic E-state index is 12.6. The summed E-state index contributed by atoms with van der Waals surface area (Å²) < 4.78 is 5.88. The van der Waals surface area contributed by atoms with Gasteiger partial charge in [-0.15, -0.1) is 0 Å². The van der Waals surface area contributed by atoms with Gasteiger partial charge < -0.3 is 15.0 Å². The van der Waals surface area contributed by atoms with E-state index < -0.39 is 5.54 Å². The first kappa shape index (κ1) is 16.6. The summed E-state index contributed by atoms with van der Waals surface area (Å²) in [7, 11) is 0. The number of nitrogens with one attached hydrogen (secondary N) is 1. The maximum absolute atomic E-state index is 12.6. The molecule has 0 unspecified atom stereocenters. The molecule has 5 heteroatoms. The van der Waals surface area contributed by atoms with E-state index in [0.717, 1.165) is 12.0 Å². The van der Waals surface area contributed by atoms with Gasteiger partial charge in [-0.1, -0.05) is 37.3 Å². The zero-order valence-electron chi connectivity index (χ0n) is 14.8. The fraction of sp³-hybridized carbons (Fsp3) is 0.600. The molecule has 3 fully saturated rings. The number of carbonyl (C=O) groups is 2. The Balaban J connectivity index is 1.49. The summed E-state index contributed by atoms with van der Waals surface area (Å²) in [4.78, 5) is 26.6. The van der Waals surface area contributed by atoms with Crippen LogP contribution in [-0.2, 0) is 19.9 Å². The molecule has 1 N–H and O–H groups in total. The number of carbonyl (C=O) groups excluding carboxylic acids is 2. The van der Waals surface area contributed by atoms with Crippen LogP contribution in [0.5, 0.6) is 0 Å². The van der Waals surface area contributed by atoms with Crippen LogP contribution in [0.2, 0.25) is 0 Å². The van der Waals surface area contributed by atoms with Gasteiger partial charge in [0.2, 0.25) is 11.8 Å². The Morgan fingerprint density at radius 2 is 2.04 bits per heavy atom. The fourth-order valence-corrected chi connectivity index (χ4v) is 4.11. The first-order chi connectivity index (χ1) is 12.0. The first-order valence-electron chi connectivity index (χ1n) is 9.27. The fourth-order valence-electron chi connectivity index (χ4n) is 4.11. The molecular weight excluding hydrogens is 316 g/mol. The number of hydrogen-bond donors (Lipinski definition) is 1. The molecule has 0 radical (unpaired) electrons.